The van der Waals surface area contributed by atoms with E-state index in [1.54, 1.807) is 19.2 Å². The largest absolute Gasteiger partial charge is 0.415 e. The maximum atomic E-state index is 11.8. The summed E-state index contributed by atoms with van der Waals surface area (Å²) < 4.78 is 5.19. The Labute approximate surface area is 106 Å². The molecule has 0 aromatic heterocycles. The molecule has 1 saturated heterocycles. The van der Waals surface area contributed by atoms with Crippen LogP contribution in [0.15, 0.2) is 24.3 Å². The van der Waals surface area contributed by atoms with Gasteiger partial charge in [0.2, 0.25) is 5.91 Å². The zero-order valence-corrected chi connectivity index (χ0v) is 10.5. The molecule has 2 rings (SSSR count). The Morgan fingerprint density at radius 2 is 2.11 bits per heavy atom. The number of nitrogens with one attached hydrogen (secondary N) is 1. The Kier molecular flexibility index (Phi) is 3.50. The average molecular weight is 248 g/mol. The molecule has 1 N–H and O–H groups in total. The number of hydrogen-bond donors (Lipinski definition) is 1. The molecule has 0 unspecified atom stereocenters. The zero-order valence-electron chi connectivity index (χ0n) is 10.5. The Morgan fingerprint density at radius 1 is 1.44 bits per heavy atom. The molecule has 1 atom stereocenters. The Hall–Kier alpha value is -2.04. The number of aryl methyl sites for hydroxylation is 1. The maximum Gasteiger partial charge on any atom is 0.415 e. The van der Waals surface area contributed by atoms with Crippen LogP contribution in [0, 0.1) is 0 Å². The Bertz CT molecular complexity index is 456. The van der Waals surface area contributed by atoms with Crippen LogP contribution in [0.1, 0.15) is 12.5 Å². The standard InChI is InChI=1S/C13H16N2O3/c1-3-9-4-6-10(7-5-9)18-13(17)15(2)11-8-14-12(11)16/h4-7,11H,3,8H2,1-2H3,(H,14,16)/t11-/m0/s1. The predicted octanol–water partition coefficient (Wildman–Crippen LogP) is 1.18. The number of carbonyl (C=O) groups is 2. The molecule has 1 aromatic rings. The number of ether oxygens (including phenoxy) is 1. The topological polar surface area (TPSA) is 58.6 Å². The number of benzene rings is 1. The van der Waals surface area contributed by atoms with Crippen LogP contribution in [0.3, 0.4) is 0 Å². The minimum atomic E-state index is -0.515. The van der Waals surface area contributed by atoms with Crippen LogP contribution in [0.4, 0.5) is 4.79 Å². The second-order valence-corrected chi connectivity index (χ2v) is 4.24. The molecule has 0 spiro atoms. The SMILES string of the molecule is CCc1ccc(OC(=O)N(C)[C@H]2CNC2=O)cc1. The number of β-lactam (4-membered cyclic amide) rings is 1. The van der Waals surface area contributed by atoms with Gasteiger partial charge in [0.25, 0.3) is 0 Å². The summed E-state index contributed by atoms with van der Waals surface area (Å²) in [6, 6.07) is 6.93. The number of carbonyl (C=O) groups excluding carboxylic acids is 2. The Morgan fingerprint density at radius 3 is 2.56 bits per heavy atom. The molecule has 5 heteroatoms. The van der Waals surface area contributed by atoms with Gasteiger partial charge in [-0.15, -0.1) is 0 Å². The van der Waals surface area contributed by atoms with E-state index in [9.17, 15) is 9.59 Å². The number of rotatable bonds is 3. The third kappa shape index (κ3) is 2.45. The molecule has 1 aliphatic heterocycles. The van der Waals surface area contributed by atoms with Crippen molar-refractivity contribution in [1.29, 1.82) is 0 Å². The molecule has 0 saturated carbocycles. The van der Waals surface area contributed by atoms with E-state index in [0.29, 0.717) is 12.3 Å². The Balaban J connectivity index is 1.95. The molecule has 5 nitrogen and oxygen atoms in total. The van der Waals surface area contributed by atoms with E-state index in [1.807, 2.05) is 12.1 Å². The molecule has 1 aromatic carbocycles. The third-order valence-electron chi connectivity index (χ3n) is 3.06. The van der Waals surface area contributed by atoms with E-state index in [2.05, 4.69) is 12.2 Å². The van der Waals surface area contributed by atoms with Crippen LogP contribution in [0.25, 0.3) is 0 Å². The van der Waals surface area contributed by atoms with Gasteiger partial charge in [-0.25, -0.2) is 4.79 Å². The monoisotopic (exact) mass is 248 g/mol. The predicted molar refractivity (Wildman–Crippen MR) is 66.4 cm³/mol. The van der Waals surface area contributed by atoms with Gasteiger partial charge in [-0.3, -0.25) is 9.69 Å². The first-order chi connectivity index (χ1) is 8.61. The van der Waals surface area contributed by atoms with Gasteiger partial charge in [0.05, 0.1) is 0 Å². The lowest BCUT2D eigenvalue weighted by molar-refractivity contribution is -0.131. The first kappa shape index (κ1) is 12.4. The molecule has 1 heterocycles. The summed E-state index contributed by atoms with van der Waals surface area (Å²) in [4.78, 5) is 24.2. The van der Waals surface area contributed by atoms with Crippen molar-refractivity contribution in [3.63, 3.8) is 0 Å². The maximum absolute atomic E-state index is 11.8. The smallest absolute Gasteiger partial charge is 0.410 e. The van der Waals surface area contributed by atoms with Crippen molar-refractivity contribution in [2.24, 2.45) is 0 Å². The van der Waals surface area contributed by atoms with Gasteiger partial charge < -0.3 is 10.1 Å². The summed E-state index contributed by atoms with van der Waals surface area (Å²) >= 11 is 0. The average Bonchev–Trinajstić information content (AvgIpc) is 2.37. The molecule has 2 amide bonds. The fourth-order valence-corrected chi connectivity index (χ4v) is 1.68. The van der Waals surface area contributed by atoms with Gasteiger partial charge in [0, 0.05) is 13.6 Å². The van der Waals surface area contributed by atoms with Crippen molar-refractivity contribution in [3.05, 3.63) is 29.8 Å². The summed E-state index contributed by atoms with van der Waals surface area (Å²) in [5.41, 5.74) is 1.18. The minimum absolute atomic E-state index is 0.143. The van der Waals surface area contributed by atoms with Crippen molar-refractivity contribution in [3.8, 4) is 5.75 Å². The lowest BCUT2D eigenvalue weighted by Gasteiger charge is -2.33. The van der Waals surface area contributed by atoms with Crippen molar-refractivity contribution >= 4 is 12.0 Å². The lowest BCUT2D eigenvalue weighted by Crippen LogP contribution is -2.62. The normalized spacial score (nSPS) is 17.7. The van der Waals surface area contributed by atoms with Crippen molar-refractivity contribution in [2.45, 2.75) is 19.4 Å². The fourth-order valence-electron chi connectivity index (χ4n) is 1.68. The molecular formula is C13H16N2O3. The molecule has 1 fully saturated rings. The minimum Gasteiger partial charge on any atom is -0.410 e. The first-order valence-corrected chi connectivity index (χ1v) is 5.93. The number of hydrogen-bond acceptors (Lipinski definition) is 3. The van der Waals surface area contributed by atoms with E-state index in [4.69, 9.17) is 4.74 Å². The summed E-state index contributed by atoms with van der Waals surface area (Å²) in [6.07, 6.45) is 0.426. The van der Waals surface area contributed by atoms with E-state index in [-0.39, 0.29) is 5.91 Å². The summed E-state index contributed by atoms with van der Waals surface area (Å²) in [5, 5.41) is 2.58. The molecular weight excluding hydrogens is 232 g/mol. The highest BCUT2D eigenvalue weighted by Gasteiger charge is 2.34. The summed E-state index contributed by atoms with van der Waals surface area (Å²) in [7, 11) is 1.56. The second-order valence-electron chi connectivity index (χ2n) is 4.24. The van der Waals surface area contributed by atoms with Crippen LogP contribution in [-0.2, 0) is 11.2 Å². The van der Waals surface area contributed by atoms with Crippen LogP contribution in [-0.4, -0.2) is 36.5 Å². The lowest BCUT2D eigenvalue weighted by atomic mass is 10.1. The van der Waals surface area contributed by atoms with Crippen LogP contribution in [0.2, 0.25) is 0 Å². The van der Waals surface area contributed by atoms with Crippen molar-refractivity contribution in [2.75, 3.05) is 13.6 Å². The highest BCUT2D eigenvalue weighted by Crippen LogP contribution is 2.15. The van der Waals surface area contributed by atoms with Gasteiger partial charge in [-0.1, -0.05) is 19.1 Å². The number of likely N-dealkylation sites (N-methyl/N-ethyl adjacent to an activating group) is 1. The fraction of sp³-hybridized carbons (Fsp3) is 0.385. The van der Waals surface area contributed by atoms with Crippen LogP contribution < -0.4 is 10.1 Å². The highest BCUT2D eigenvalue weighted by atomic mass is 16.6. The summed E-state index contributed by atoms with van der Waals surface area (Å²) in [6.45, 7) is 2.54. The molecule has 1 aliphatic rings. The van der Waals surface area contributed by atoms with Gasteiger partial charge in [-0.05, 0) is 24.1 Å². The molecule has 0 bridgehead atoms. The highest BCUT2D eigenvalue weighted by molar-refractivity contribution is 5.91. The van der Waals surface area contributed by atoms with E-state index >= 15 is 0 Å². The van der Waals surface area contributed by atoms with Gasteiger partial charge in [0.1, 0.15) is 11.8 Å². The van der Waals surface area contributed by atoms with Gasteiger partial charge in [0.15, 0.2) is 0 Å². The van der Waals surface area contributed by atoms with E-state index < -0.39 is 12.1 Å². The van der Waals surface area contributed by atoms with E-state index in [0.717, 1.165) is 6.42 Å². The molecule has 0 radical (unpaired) electrons. The van der Waals surface area contributed by atoms with Gasteiger partial charge in [-0.2, -0.15) is 0 Å². The third-order valence-corrected chi connectivity index (χ3v) is 3.06. The van der Waals surface area contributed by atoms with Crippen LogP contribution >= 0.6 is 0 Å². The summed E-state index contributed by atoms with van der Waals surface area (Å²) in [5.74, 6) is 0.347. The zero-order chi connectivity index (χ0) is 13.1. The molecule has 0 aliphatic carbocycles. The van der Waals surface area contributed by atoms with E-state index in [1.165, 1.54) is 10.5 Å². The molecule has 96 valence electrons. The second kappa shape index (κ2) is 5.08. The van der Waals surface area contributed by atoms with Crippen molar-refractivity contribution in [1.82, 2.24) is 10.2 Å². The first-order valence-electron chi connectivity index (χ1n) is 5.93. The quantitative estimate of drug-likeness (QED) is 0.817. The molecule has 18 heavy (non-hydrogen) atoms. The van der Waals surface area contributed by atoms with Crippen LogP contribution in [0.5, 0.6) is 5.75 Å². The van der Waals surface area contributed by atoms with Gasteiger partial charge >= 0.3 is 6.09 Å². The number of amides is 2. The number of nitrogens with zero attached hydrogens (tertiary/aromatic N) is 1. The van der Waals surface area contributed by atoms with Crippen molar-refractivity contribution < 1.29 is 14.3 Å².